The van der Waals surface area contributed by atoms with Gasteiger partial charge in [0.15, 0.2) is 0 Å². The van der Waals surface area contributed by atoms with Gasteiger partial charge in [-0.15, -0.1) is 11.8 Å². The second kappa shape index (κ2) is 10.2. The number of rotatable bonds is 6. The van der Waals surface area contributed by atoms with E-state index in [0.29, 0.717) is 17.0 Å². The summed E-state index contributed by atoms with van der Waals surface area (Å²) in [6.45, 7) is 2.28. The van der Waals surface area contributed by atoms with Crippen molar-refractivity contribution in [3.05, 3.63) is 114 Å². The number of hydrogen-bond donors (Lipinski definition) is 1. The summed E-state index contributed by atoms with van der Waals surface area (Å²) in [6, 6.07) is 21.7. The van der Waals surface area contributed by atoms with Gasteiger partial charge in [0.1, 0.15) is 12.4 Å². The van der Waals surface area contributed by atoms with Crippen molar-refractivity contribution in [3.8, 4) is 5.75 Å². The number of carbonyl (C=O) groups is 2. The maximum absolute atomic E-state index is 14.0. The summed E-state index contributed by atoms with van der Waals surface area (Å²) in [5.74, 6) is -1.40. The van der Waals surface area contributed by atoms with E-state index >= 15 is 0 Å². The molecular formula is C33H27N3O6S2. The van der Waals surface area contributed by atoms with E-state index in [1.165, 1.54) is 11.0 Å². The number of thiazole rings is 1. The Hall–Kier alpha value is -4.22. The Kier molecular flexibility index (Phi) is 6.32. The lowest BCUT2D eigenvalue weighted by Gasteiger charge is -2.43. The van der Waals surface area contributed by atoms with Crippen LogP contribution in [0.3, 0.4) is 0 Å². The number of nitro groups is 1. The maximum atomic E-state index is 14.0. The number of nitro benzene ring substituents is 1. The second-order valence-electron chi connectivity index (χ2n) is 12.1. The molecule has 2 aliphatic carbocycles. The van der Waals surface area contributed by atoms with E-state index in [2.05, 4.69) is 4.98 Å². The maximum Gasteiger partial charge on any atom is 0.305 e. The largest absolute Gasteiger partial charge is 0.489 e. The number of fused-ring (bicyclic) bond motifs is 9. The molecule has 3 fully saturated rings. The molecule has 1 aromatic heterocycles. The normalized spacial score (nSPS) is 28.1. The van der Waals surface area contributed by atoms with Crippen LogP contribution in [0, 0.1) is 46.6 Å². The van der Waals surface area contributed by atoms with Gasteiger partial charge in [0.25, 0.3) is 5.69 Å². The summed E-state index contributed by atoms with van der Waals surface area (Å²) in [7, 11) is 0. The molecule has 11 heteroatoms. The molecule has 1 N–H and O–H groups in total. The minimum Gasteiger partial charge on any atom is -0.489 e. The highest BCUT2D eigenvalue weighted by Gasteiger charge is 2.70. The lowest BCUT2D eigenvalue weighted by Crippen LogP contribution is -2.42. The van der Waals surface area contributed by atoms with Crippen LogP contribution in [-0.2, 0) is 16.2 Å². The first-order valence-electron chi connectivity index (χ1n) is 14.6. The van der Waals surface area contributed by atoms with Crippen molar-refractivity contribution in [2.75, 3.05) is 4.90 Å². The highest BCUT2D eigenvalue weighted by molar-refractivity contribution is 8.00. The van der Waals surface area contributed by atoms with Crippen LogP contribution in [0.1, 0.15) is 33.9 Å². The molecule has 1 saturated heterocycles. The molecule has 5 unspecified atom stereocenters. The minimum absolute atomic E-state index is 0.0413. The van der Waals surface area contributed by atoms with Crippen LogP contribution >= 0.6 is 23.1 Å². The van der Waals surface area contributed by atoms with Crippen LogP contribution in [0.2, 0.25) is 0 Å². The Morgan fingerprint density at radius 3 is 2.50 bits per heavy atom. The standard InChI is InChI=1S/C33H27N3O6S2/c1-16-6-5-7-17(12-16)15-42-23-11-10-19(36(40)41)13-20(23)24-25-21-14-22(28(25)43-30-29(24)44-33(39)34-30)27-26(21)31(37)35(32(27)38)18-8-3-2-4-9-18/h2-13,21-22,24-28H,14-15H2,1H3,(H,34,39)/t21-,22-,24?,25?,26?,27?,28?/m1/s1. The monoisotopic (exact) mass is 625 g/mol. The number of non-ortho nitro benzene ring substituents is 1. The number of para-hydroxylation sites is 1. The number of aryl methyl sites for hydroxylation is 1. The molecule has 9 nitrogen and oxygen atoms in total. The third kappa shape index (κ3) is 4.09. The molecule has 44 heavy (non-hydrogen) atoms. The molecule has 0 spiro atoms. The fourth-order valence-corrected chi connectivity index (χ4v) is 11.1. The molecule has 3 aromatic carbocycles. The van der Waals surface area contributed by atoms with E-state index < -0.39 is 22.7 Å². The predicted octanol–water partition coefficient (Wildman–Crippen LogP) is 5.91. The molecule has 2 saturated carbocycles. The zero-order chi connectivity index (χ0) is 30.3. The van der Waals surface area contributed by atoms with Gasteiger partial charge in [-0.2, -0.15) is 0 Å². The van der Waals surface area contributed by atoms with Crippen molar-refractivity contribution in [2.45, 2.75) is 36.1 Å². The van der Waals surface area contributed by atoms with Crippen LogP contribution in [-0.4, -0.2) is 27.0 Å². The smallest absolute Gasteiger partial charge is 0.305 e. The third-order valence-electron chi connectivity index (χ3n) is 9.75. The first-order chi connectivity index (χ1) is 21.3. The number of anilines is 1. The van der Waals surface area contributed by atoms with Gasteiger partial charge >= 0.3 is 4.87 Å². The van der Waals surface area contributed by atoms with E-state index in [1.807, 2.05) is 49.4 Å². The van der Waals surface area contributed by atoms with Gasteiger partial charge in [-0.25, -0.2) is 0 Å². The number of carbonyl (C=O) groups excluding carboxylic acids is 2. The van der Waals surface area contributed by atoms with E-state index in [-0.39, 0.29) is 52.0 Å². The Morgan fingerprint density at radius 2 is 1.75 bits per heavy atom. The second-order valence-corrected chi connectivity index (χ2v) is 14.3. The summed E-state index contributed by atoms with van der Waals surface area (Å²) in [4.78, 5) is 57.1. The van der Waals surface area contributed by atoms with E-state index in [1.54, 1.807) is 36.0 Å². The average molecular weight is 626 g/mol. The van der Waals surface area contributed by atoms with Crippen LogP contribution in [0.5, 0.6) is 5.75 Å². The van der Waals surface area contributed by atoms with Gasteiger partial charge in [-0.1, -0.05) is 59.4 Å². The minimum atomic E-state index is -0.468. The summed E-state index contributed by atoms with van der Waals surface area (Å²) < 4.78 is 6.37. The van der Waals surface area contributed by atoms with Gasteiger partial charge in [0.05, 0.1) is 27.5 Å². The number of benzene rings is 3. The number of thioether (sulfide) groups is 1. The molecule has 2 amide bonds. The van der Waals surface area contributed by atoms with Crippen LogP contribution < -0.4 is 14.5 Å². The molecule has 2 aliphatic heterocycles. The summed E-state index contributed by atoms with van der Waals surface area (Å²) in [6.07, 6.45) is 0.724. The van der Waals surface area contributed by atoms with Crippen molar-refractivity contribution < 1.29 is 19.2 Å². The highest BCUT2D eigenvalue weighted by Crippen LogP contribution is 2.69. The SMILES string of the molecule is Cc1cccc(COc2ccc([N+](=O)[O-])cc2C2c3sc(=O)[nH]c3SC3C2[C@H]2C[C@@H]3C3C(=O)N(c4ccccc4)C(=O)C32)c1. The van der Waals surface area contributed by atoms with Crippen LogP contribution in [0.4, 0.5) is 11.4 Å². The Bertz CT molecular complexity index is 1900. The molecular weight excluding hydrogens is 599 g/mol. The summed E-state index contributed by atoms with van der Waals surface area (Å²) >= 11 is 2.70. The van der Waals surface area contributed by atoms with Crippen LogP contribution in [0.15, 0.2) is 82.6 Å². The number of aromatic amines is 1. The number of nitrogens with zero attached hydrogens (tertiary/aromatic N) is 2. The molecule has 4 aliphatic rings. The number of ether oxygens (including phenoxy) is 1. The average Bonchev–Trinajstić information content (AvgIpc) is 3.75. The molecule has 3 heterocycles. The van der Waals surface area contributed by atoms with E-state index in [9.17, 15) is 24.5 Å². The molecule has 4 aromatic rings. The quantitative estimate of drug-likeness (QED) is 0.161. The zero-order valence-electron chi connectivity index (χ0n) is 23.5. The van der Waals surface area contributed by atoms with Crippen LogP contribution in [0.25, 0.3) is 0 Å². The third-order valence-corrected chi connectivity index (χ3v) is 12.3. The van der Waals surface area contributed by atoms with Crippen molar-refractivity contribution in [1.82, 2.24) is 4.98 Å². The number of imide groups is 1. The molecule has 2 bridgehead atoms. The molecule has 0 radical (unpaired) electrons. The van der Waals surface area contributed by atoms with Gasteiger partial charge < -0.3 is 9.72 Å². The first kappa shape index (κ1) is 27.3. The fraction of sp³-hybridized carbons (Fsp3) is 0.303. The van der Waals surface area contributed by atoms with Gasteiger partial charge in [0, 0.05) is 33.7 Å². The van der Waals surface area contributed by atoms with E-state index in [4.69, 9.17) is 4.74 Å². The molecule has 7 atom stereocenters. The highest BCUT2D eigenvalue weighted by atomic mass is 32.2. The Balaban J connectivity index is 1.23. The number of aromatic nitrogens is 1. The van der Waals surface area contributed by atoms with Gasteiger partial charge in [-0.3, -0.25) is 29.4 Å². The van der Waals surface area contributed by atoms with Crippen molar-refractivity contribution >= 4 is 46.3 Å². The van der Waals surface area contributed by atoms with E-state index in [0.717, 1.165) is 38.8 Å². The first-order valence-corrected chi connectivity index (χ1v) is 16.3. The van der Waals surface area contributed by atoms with Gasteiger partial charge in [-0.05, 0) is 54.9 Å². The van der Waals surface area contributed by atoms with Crippen molar-refractivity contribution in [3.63, 3.8) is 0 Å². The number of nitrogens with one attached hydrogen (secondary N) is 1. The zero-order valence-corrected chi connectivity index (χ0v) is 25.2. The number of amides is 2. The summed E-state index contributed by atoms with van der Waals surface area (Å²) in [5.41, 5.74) is 3.22. The Labute approximate surface area is 260 Å². The fourth-order valence-electron chi connectivity index (χ4n) is 8.18. The lowest BCUT2D eigenvalue weighted by molar-refractivity contribution is -0.385. The summed E-state index contributed by atoms with van der Waals surface area (Å²) in [5, 5.41) is 12.7. The molecule has 222 valence electrons. The predicted molar refractivity (Wildman–Crippen MR) is 166 cm³/mol. The number of H-pyrrole nitrogens is 1. The molecule has 8 rings (SSSR count). The number of hydrogen-bond acceptors (Lipinski definition) is 8. The van der Waals surface area contributed by atoms with Crippen molar-refractivity contribution in [1.29, 1.82) is 0 Å². The van der Waals surface area contributed by atoms with Gasteiger partial charge in [0.2, 0.25) is 11.8 Å². The van der Waals surface area contributed by atoms with Crippen molar-refractivity contribution in [2.24, 2.45) is 29.6 Å². The topological polar surface area (TPSA) is 123 Å². The lowest BCUT2D eigenvalue weighted by atomic mass is 9.68. The Morgan fingerprint density at radius 1 is 0.977 bits per heavy atom.